The Morgan fingerprint density at radius 2 is 1.92 bits per heavy atom. The lowest BCUT2D eigenvalue weighted by Gasteiger charge is -2.29. The summed E-state index contributed by atoms with van der Waals surface area (Å²) < 4.78 is 3.52. The van der Waals surface area contributed by atoms with Gasteiger partial charge >= 0.3 is 5.69 Å². The number of nitrogens with two attached hydrogens (primary N) is 1. The molecular weight excluding hydrogens is 374 g/mol. The number of hydrogen-bond acceptors (Lipinski definition) is 3. The largest absolute Gasteiger partial charge is 0.366 e. The van der Waals surface area contributed by atoms with Crippen molar-refractivity contribution >= 4 is 27.6 Å². The van der Waals surface area contributed by atoms with Gasteiger partial charge in [0.2, 0.25) is 5.91 Å². The third kappa shape index (κ3) is 2.53. The van der Waals surface area contributed by atoms with Gasteiger partial charge in [0.15, 0.2) is 5.78 Å². The summed E-state index contributed by atoms with van der Waals surface area (Å²) in [6.45, 7) is 4.03. The number of nitrogens with zero attached hydrogens (tertiary/aromatic N) is 2. The fraction of sp³-hybridized carbons (Fsp3) is 0.353. The molecule has 24 heavy (non-hydrogen) atoms. The molecule has 0 spiro atoms. The van der Waals surface area contributed by atoms with Crippen LogP contribution in [0.1, 0.15) is 46.8 Å². The fourth-order valence-electron chi connectivity index (χ4n) is 3.30. The van der Waals surface area contributed by atoms with Crippen molar-refractivity contribution in [1.82, 2.24) is 9.13 Å². The number of imidazole rings is 1. The highest BCUT2D eigenvalue weighted by Crippen LogP contribution is 2.36. The predicted molar refractivity (Wildman–Crippen MR) is 93.7 cm³/mol. The Labute approximate surface area is 147 Å². The summed E-state index contributed by atoms with van der Waals surface area (Å²) in [6, 6.07) is 4.82. The molecule has 0 saturated heterocycles. The zero-order valence-electron chi connectivity index (χ0n) is 13.7. The van der Waals surface area contributed by atoms with Crippen molar-refractivity contribution in [3.05, 3.63) is 50.1 Å². The molecule has 1 aliphatic rings. The molecule has 0 saturated carbocycles. The van der Waals surface area contributed by atoms with Crippen LogP contribution in [-0.4, -0.2) is 20.8 Å². The first kappa shape index (κ1) is 16.7. The molecule has 1 heterocycles. The lowest BCUT2D eigenvalue weighted by atomic mass is 9.77. The fourth-order valence-corrected chi connectivity index (χ4v) is 3.85. The van der Waals surface area contributed by atoms with E-state index in [9.17, 15) is 14.4 Å². The number of Topliss-reactive ketones (excluding diaryl/α,β-unsaturated/α-hetero) is 1. The van der Waals surface area contributed by atoms with Crippen LogP contribution in [-0.2, 0) is 13.5 Å². The van der Waals surface area contributed by atoms with Crippen LogP contribution < -0.4 is 11.4 Å². The van der Waals surface area contributed by atoms with Gasteiger partial charge in [-0.25, -0.2) is 4.79 Å². The van der Waals surface area contributed by atoms with E-state index in [0.717, 1.165) is 0 Å². The van der Waals surface area contributed by atoms with Crippen LogP contribution >= 0.6 is 15.9 Å². The normalized spacial score (nSPS) is 16.1. The number of halogens is 1. The van der Waals surface area contributed by atoms with E-state index in [2.05, 4.69) is 15.9 Å². The molecule has 0 aliphatic heterocycles. The van der Waals surface area contributed by atoms with Gasteiger partial charge in [-0.1, -0.05) is 13.8 Å². The number of carbonyl (C=O) groups is 2. The summed E-state index contributed by atoms with van der Waals surface area (Å²) in [7, 11) is 1.61. The van der Waals surface area contributed by atoms with Gasteiger partial charge in [-0.2, -0.15) is 0 Å². The second-order valence-corrected chi connectivity index (χ2v) is 7.80. The SMILES string of the molecule is Cn1c2c(n(-c3ccc(C(N)=O)cc3Br)c1=O)CC(C)(C)CC2=O. The monoisotopic (exact) mass is 391 g/mol. The van der Waals surface area contributed by atoms with Crippen molar-refractivity contribution in [2.24, 2.45) is 18.2 Å². The summed E-state index contributed by atoms with van der Waals surface area (Å²) in [5.41, 5.74) is 6.91. The molecular formula is C17H18BrN3O3. The standard InChI is InChI=1S/C17H18BrN3O3/c1-17(2)7-12-14(13(22)8-17)20(3)16(24)21(12)11-5-4-9(15(19)23)6-10(11)18/h4-6H,7-8H2,1-3H3,(H2,19,23). The van der Waals surface area contributed by atoms with Crippen molar-refractivity contribution in [2.75, 3.05) is 0 Å². The highest BCUT2D eigenvalue weighted by Gasteiger charge is 2.36. The molecule has 0 fully saturated rings. The first-order valence-electron chi connectivity index (χ1n) is 7.56. The number of benzene rings is 1. The molecule has 1 amide bonds. The minimum Gasteiger partial charge on any atom is -0.366 e. The zero-order valence-corrected chi connectivity index (χ0v) is 15.3. The molecule has 6 nitrogen and oxygen atoms in total. The Morgan fingerprint density at radius 3 is 2.50 bits per heavy atom. The molecule has 7 heteroatoms. The van der Waals surface area contributed by atoms with Crippen molar-refractivity contribution in [1.29, 1.82) is 0 Å². The number of rotatable bonds is 2. The molecule has 1 aliphatic carbocycles. The Bertz CT molecular complexity index is 937. The number of hydrogen-bond donors (Lipinski definition) is 1. The average molecular weight is 392 g/mol. The first-order chi connectivity index (χ1) is 11.1. The van der Waals surface area contributed by atoms with Gasteiger partial charge in [0.1, 0.15) is 5.69 Å². The summed E-state index contributed by atoms with van der Waals surface area (Å²) in [6.07, 6.45) is 1.03. The van der Waals surface area contributed by atoms with Crippen LogP contribution in [0, 0.1) is 5.41 Å². The number of primary amides is 1. The number of aromatic nitrogens is 2. The minimum atomic E-state index is -0.541. The quantitative estimate of drug-likeness (QED) is 0.850. The third-order valence-electron chi connectivity index (χ3n) is 4.38. The van der Waals surface area contributed by atoms with Gasteiger partial charge in [0.25, 0.3) is 0 Å². The van der Waals surface area contributed by atoms with E-state index in [4.69, 9.17) is 5.73 Å². The number of ketones is 1. The maximum absolute atomic E-state index is 12.7. The molecule has 3 rings (SSSR count). The summed E-state index contributed by atoms with van der Waals surface area (Å²) >= 11 is 3.41. The highest BCUT2D eigenvalue weighted by atomic mass is 79.9. The van der Waals surface area contributed by atoms with Crippen molar-refractivity contribution in [3.8, 4) is 5.69 Å². The maximum atomic E-state index is 12.7. The lowest BCUT2D eigenvalue weighted by Crippen LogP contribution is -2.29. The van der Waals surface area contributed by atoms with Crippen LogP contribution in [0.25, 0.3) is 5.69 Å². The molecule has 126 valence electrons. The number of fused-ring (bicyclic) bond motifs is 1. The second-order valence-electron chi connectivity index (χ2n) is 6.94. The molecule has 0 atom stereocenters. The van der Waals surface area contributed by atoms with Gasteiger partial charge in [0, 0.05) is 23.5 Å². The summed E-state index contributed by atoms with van der Waals surface area (Å²) in [5, 5.41) is 0. The van der Waals surface area contributed by atoms with Gasteiger partial charge < -0.3 is 5.73 Å². The Hall–Kier alpha value is -2.15. The Balaban J connectivity index is 2.28. The molecule has 2 aromatic rings. The maximum Gasteiger partial charge on any atom is 0.333 e. The van der Waals surface area contributed by atoms with E-state index in [1.807, 2.05) is 13.8 Å². The second kappa shape index (κ2) is 5.44. The first-order valence-corrected chi connectivity index (χ1v) is 8.35. The van der Waals surface area contributed by atoms with Crippen LogP contribution in [0.5, 0.6) is 0 Å². The van der Waals surface area contributed by atoms with Gasteiger partial charge in [-0.05, 0) is 46.0 Å². The highest BCUT2D eigenvalue weighted by molar-refractivity contribution is 9.10. The molecule has 0 bridgehead atoms. The van der Waals surface area contributed by atoms with E-state index in [1.165, 1.54) is 4.57 Å². The minimum absolute atomic E-state index is 0.0236. The Morgan fingerprint density at radius 1 is 1.25 bits per heavy atom. The molecule has 1 aromatic carbocycles. The van der Waals surface area contributed by atoms with Gasteiger partial charge in [-0.3, -0.25) is 18.7 Å². The third-order valence-corrected chi connectivity index (χ3v) is 5.01. The van der Waals surface area contributed by atoms with E-state index in [-0.39, 0.29) is 16.9 Å². The van der Waals surface area contributed by atoms with Crippen molar-refractivity contribution in [3.63, 3.8) is 0 Å². The average Bonchev–Trinajstić information content (AvgIpc) is 2.69. The van der Waals surface area contributed by atoms with Crippen LogP contribution in [0.15, 0.2) is 27.5 Å². The van der Waals surface area contributed by atoms with E-state index in [1.54, 1.807) is 29.8 Å². The van der Waals surface area contributed by atoms with Crippen LogP contribution in [0.4, 0.5) is 0 Å². The predicted octanol–water partition coefficient (Wildman–Crippen LogP) is 2.19. The number of amides is 1. The van der Waals surface area contributed by atoms with E-state index < -0.39 is 5.91 Å². The van der Waals surface area contributed by atoms with Crippen LogP contribution in [0.2, 0.25) is 0 Å². The van der Waals surface area contributed by atoms with E-state index in [0.29, 0.717) is 40.0 Å². The topological polar surface area (TPSA) is 87.1 Å². The zero-order chi connectivity index (χ0) is 17.8. The Kier molecular flexibility index (Phi) is 3.79. The van der Waals surface area contributed by atoms with Gasteiger partial charge in [0.05, 0.1) is 11.4 Å². The summed E-state index contributed by atoms with van der Waals surface area (Å²) in [5.74, 6) is -0.564. The molecule has 0 unspecified atom stereocenters. The molecule has 1 aromatic heterocycles. The van der Waals surface area contributed by atoms with Crippen LogP contribution in [0.3, 0.4) is 0 Å². The van der Waals surface area contributed by atoms with E-state index >= 15 is 0 Å². The molecule has 0 radical (unpaired) electrons. The van der Waals surface area contributed by atoms with Crippen molar-refractivity contribution < 1.29 is 9.59 Å². The smallest absolute Gasteiger partial charge is 0.333 e. The molecule has 2 N–H and O–H groups in total. The summed E-state index contributed by atoms with van der Waals surface area (Å²) in [4.78, 5) is 36.6. The number of carbonyl (C=O) groups excluding carboxylic acids is 2. The lowest BCUT2D eigenvalue weighted by molar-refractivity contribution is 0.0900. The van der Waals surface area contributed by atoms with Crippen molar-refractivity contribution in [2.45, 2.75) is 26.7 Å². The van der Waals surface area contributed by atoms with Gasteiger partial charge in [-0.15, -0.1) is 0 Å².